The van der Waals surface area contributed by atoms with Gasteiger partial charge in [0.2, 0.25) is 0 Å². The Hall–Kier alpha value is -1.77. The van der Waals surface area contributed by atoms with Crippen LogP contribution < -0.4 is 5.32 Å². The fraction of sp³-hybridized carbons (Fsp3) is 0.500. The van der Waals surface area contributed by atoms with Crippen LogP contribution in [0.1, 0.15) is 12.8 Å². The highest BCUT2D eigenvalue weighted by Gasteiger charge is 2.15. The molecule has 1 fully saturated rings. The Labute approximate surface area is 131 Å². The van der Waals surface area contributed by atoms with E-state index in [4.69, 9.17) is 9.47 Å². The predicted molar refractivity (Wildman–Crippen MR) is 84.6 cm³/mol. The van der Waals surface area contributed by atoms with E-state index >= 15 is 0 Å². The minimum Gasteiger partial charge on any atom is -0.377 e. The van der Waals surface area contributed by atoms with Crippen molar-refractivity contribution >= 4 is 32.4 Å². The smallest absolute Gasteiger partial charge is 0.270 e. The lowest BCUT2D eigenvalue weighted by atomic mass is 10.2. The third kappa shape index (κ3) is 3.70. The van der Waals surface area contributed by atoms with Crippen molar-refractivity contribution in [1.29, 1.82) is 0 Å². The summed E-state index contributed by atoms with van der Waals surface area (Å²) in [5.41, 5.74) is 0.848. The Balaban J connectivity index is 1.47. The van der Waals surface area contributed by atoms with E-state index in [1.165, 1.54) is 17.4 Å². The summed E-state index contributed by atoms with van der Waals surface area (Å²) in [6.45, 7) is 2.70. The average Bonchev–Trinajstić information content (AvgIpc) is 3.14. The molecule has 0 bridgehead atoms. The van der Waals surface area contributed by atoms with Gasteiger partial charge in [0.05, 0.1) is 34.5 Å². The molecule has 1 aromatic heterocycles. The van der Waals surface area contributed by atoms with Crippen molar-refractivity contribution in [3.63, 3.8) is 0 Å². The second kappa shape index (κ2) is 6.99. The van der Waals surface area contributed by atoms with Crippen LogP contribution in [0.15, 0.2) is 18.2 Å². The number of nitro groups is 1. The molecular weight excluding hydrogens is 306 g/mol. The van der Waals surface area contributed by atoms with Gasteiger partial charge in [0.15, 0.2) is 5.13 Å². The molecule has 0 saturated carbocycles. The van der Waals surface area contributed by atoms with Crippen LogP contribution in [0.5, 0.6) is 0 Å². The number of anilines is 1. The van der Waals surface area contributed by atoms with Crippen molar-refractivity contribution in [2.75, 3.05) is 31.7 Å². The molecule has 0 aliphatic carbocycles. The molecule has 0 amide bonds. The monoisotopic (exact) mass is 323 g/mol. The topological polar surface area (TPSA) is 86.5 Å². The predicted octanol–water partition coefficient (Wildman–Crippen LogP) is 2.81. The van der Waals surface area contributed by atoms with Gasteiger partial charge in [-0.3, -0.25) is 10.1 Å². The fourth-order valence-electron chi connectivity index (χ4n) is 2.32. The number of fused-ring (bicyclic) bond motifs is 1. The summed E-state index contributed by atoms with van der Waals surface area (Å²) in [6, 6.07) is 4.69. The molecule has 1 atom stereocenters. The molecule has 1 saturated heterocycles. The first-order valence-electron chi connectivity index (χ1n) is 7.20. The highest BCUT2D eigenvalue weighted by molar-refractivity contribution is 7.22. The molecule has 2 aromatic rings. The number of aromatic nitrogens is 1. The normalized spacial score (nSPS) is 17.9. The third-order valence-corrected chi connectivity index (χ3v) is 4.41. The number of non-ortho nitro benzene ring substituents is 1. The summed E-state index contributed by atoms with van der Waals surface area (Å²) >= 11 is 1.41. The molecule has 0 unspecified atom stereocenters. The van der Waals surface area contributed by atoms with E-state index in [2.05, 4.69) is 10.3 Å². The molecule has 3 rings (SSSR count). The van der Waals surface area contributed by atoms with E-state index in [-0.39, 0.29) is 11.8 Å². The van der Waals surface area contributed by atoms with Crippen molar-refractivity contribution in [2.45, 2.75) is 18.9 Å². The van der Waals surface area contributed by atoms with Crippen molar-refractivity contribution < 1.29 is 14.4 Å². The van der Waals surface area contributed by atoms with Gasteiger partial charge < -0.3 is 14.8 Å². The second-order valence-corrected chi connectivity index (χ2v) is 6.10. The van der Waals surface area contributed by atoms with E-state index in [9.17, 15) is 10.1 Å². The van der Waals surface area contributed by atoms with Crippen molar-refractivity contribution in [2.24, 2.45) is 0 Å². The SMILES string of the molecule is O=[N+]([O-])c1ccc2nc(NCCOC[C@@H]3CCCO3)sc2c1. The first-order valence-corrected chi connectivity index (χ1v) is 8.02. The second-order valence-electron chi connectivity index (χ2n) is 5.06. The van der Waals surface area contributed by atoms with E-state index in [1.54, 1.807) is 12.1 Å². The lowest BCUT2D eigenvalue weighted by molar-refractivity contribution is -0.384. The van der Waals surface area contributed by atoms with Gasteiger partial charge in [-0.15, -0.1) is 0 Å². The molecule has 2 heterocycles. The molecular formula is C14H17N3O4S. The van der Waals surface area contributed by atoms with Gasteiger partial charge in [-0.25, -0.2) is 4.98 Å². The van der Waals surface area contributed by atoms with E-state index < -0.39 is 4.92 Å². The zero-order valence-corrected chi connectivity index (χ0v) is 12.8. The van der Waals surface area contributed by atoms with Gasteiger partial charge in [-0.1, -0.05) is 11.3 Å². The van der Waals surface area contributed by atoms with Gasteiger partial charge in [-0.05, 0) is 18.9 Å². The van der Waals surface area contributed by atoms with Gasteiger partial charge in [-0.2, -0.15) is 0 Å². The van der Waals surface area contributed by atoms with Crippen LogP contribution in [0.4, 0.5) is 10.8 Å². The molecule has 0 radical (unpaired) electrons. The summed E-state index contributed by atoms with van der Waals surface area (Å²) in [4.78, 5) is 14.7. The van der Waals surface area contributed by atoms with Crippen LogP contribution in [0, 0.1) is 10.1 Å². The number of hydrogen-bond donors (Lipinski definition) is 1. The summed E-state index contributed by atoms with van der Waals surface area (Å²) in [5, 5.41) is 14.7. The van der Waals surface area contributed by atoms with Crippen LogP contribution >= 0.6 is 11.3 Å². The highest BCUT2D eigenvalue weighted by atomic mass is 32.1. The Bertz CT molecular complexity index is 655. The lowest BCUT2D eigenvalue weighted by Crippen LogP contribution is -2.17. The Kier molecular flexibility index (Phi) is 4.81. The largest absolute Gasteiger partial charge is 0.377 e. The molecule has 1 aliphatic heterocycles. The molecule has 0 spiro atoms. The maximum Gasteiger partial charge on any atom is 0.270 e. The minimum atomic E-state index is -0.398. The number of ether oxygens (including phenoxy) is 2. The van der Waals surface area contributed by atoms with Gasteiger partial charge in [0, 0.05) is 25.3 Å². The molecule has 8 heteroatoms. The fourth-order valence-corrected chi connectivity index (χ4v) is 3.25. The zero-order chi connectivity index (χ0) is 15.4. The first-order chi connectivity index (χ1) is 10.7. The van der Waals surface area contributed by atoms with Gasteiger partial charge in [0.25, 0.3) is 5.69 Å². The van der Waals surface area contributed by atoms with Crippen molar-refractivity contribution in [3.05, 3.63) is 28.3 Å². The summed E-state index contributed by atoms with van der Waals surface area (Å²) < 4.78 is 11.8. The molecule has 1 N–H and O–H groups in total. The number of thiazole rings is 1. The van der Waals surface area contributed by atoms with E-state index in [1.807, 2.05) is 0 Å². The Morgan fingerprint density at radius 3 is 3.23 bits per heavy atom. The average molecular weight is 323 g/mol. The number of nitrogens with one attached hydrogen (secondary N) is 1. The maximum absolute atomic E-state index is 10.8. The number of nitrogens with zero attached hydrogens (tertiary/aromatic N) is 2. The number of benzene rings is 1. The lowest BCUT2D eigenvalue weighted by Gasteiger charge is -2.09. The zero-order valence-electron chi connectivity index (χ0n) is 12.0. The van der Waals surface area contributed by atoms with Crippen LogP contribution in [-0.2, 0) is 9.47 Å². The van der Waals surface area contributed by atoms with Crippen LogP contribution in [0.25, 0.3) is 10.2 Å². The first kappa shape index (κ1) is 15.1. The molecule has 1 aliphatic rings. The van der Waals surface area contributed by atoms with Crippen molar-refractivity contribution in [3.8, 4) is 0 Å². The van der Waals surface area contributed by atoms with E-state index in [0.717, 1.165) is 34.8 Å². The van der Waals surface area contributed by atoms with Crippen molar-refractivity contribution in [1.82, 2.24) is 4.98 Å². The Morgan fingerprint density at radius 2 is 2.45 bits per heavy atom. The summed E-state index contributed by atoms with van der Waals surface area (Å²) in [5.74, 6) is 0. The Morgan fingerprint density at radius 1 is 1.55 bits per heavy atom. The maximum atomic E-state index is 10.8. The summed E-state index contributed by atoms with van der Waals surface area (Å²) in [7, 11) is 0. The van der Waals surface area contributed by atoms with Crippen LogP contribution in [-0.4, -0.2) is 42.4 Å². The minimum absolute atomic E-state index is 0.0857. The number of nitro benzene ring substituents is 1. The molecule has 7 nitrogen and oxygen atoms in total. The van der Waals surface area contributed by atoms with E-state index in [0.29, 0.717) is 19.8 Å². The quantitative estimate of drug-likeness (QED) is 0.479. The molecule has 1 aromatic carbocycles. The molecule has 118 valence electrons. The standard InChI is InChI=1S/C14H17N3O4S/c18-17(19)10-3-4-12-13(8-10)22-14(16-12)15-5-7-20-9-11-2-1-6-21-11/h3-4,8,11H,1-2,5-7,9H2,(H,15,16)/t11-/m0/s1. The van der Waals surface area contributed by atoms with Crippen LogP contribution in [0.3, 0.4) is 0 Å². The third-order valence-electron chi connectivity index (χ3n) is 3.43. The number of rotatable bonds is 7. The molecule has 22 heavy (non-hydrogen) atoms. The highest BCUT2D eigenvalue weighted by Crippen LogP contribution is 2.28. The van der Waals surface area contributed by atoms with Gasteiger partial charge in [0.1, 0.15) is 0 Å². The summed E-state index contributed by atoms with van der Waals surface area (Å²) in [6.07, 6.45) is 2.43. The number of hydrogen-bond acceptors (Lipinski definition) is 7. The van der Waals surface area contributed by atoms with Gasteiger partial charge >= 0.3 is 0 Å². The van der Waals surface area contributed by atoms with Crippen LogP contribution in [0.2, 0.25) is 0 Å².